The van der Waals surface area contributed by atoms with Crippen molar-refractivity contribution in [2.24, 2.45) is 0 Å². The molecule has 1 nitrogen and oxygen atoms in total. The maximum absolute atomic E-state index is 3.98. The Labute approximate surface area is 88.3 Å². The number of nitrogens with one attached hydrogen (secondary N) is 1. The van der Waals surface area contributed by atoms with E-state index < -0.39 is 0 Å². The molecule has 0 saturated heterocycles. The molecule has 0 aromatic heterocycles. The third-order valence-corrected chi connectivity index (χ3v) is 2.90. The van der Waals surface area contributed by atoms with Gasteiger partial charge < -0.3 is 5.32 Å². The summed E-state index contributed by atoms with van der Waals surface area (Å²) < 4.78 is 0. The lowest BCUT2D eigenvalue weighted by molar-refractivity contribution is 0.531. The highest BCUT2D eigenvalue weighted by molar-refractivity contribution is 5.08. The Hall–Kier alpha value is -0.560. The first-order valence-electron chi connectivity index (χ1n) is 5.72. The van der Waals surface area contributed by atoms with Gasteiger partial charge in [0.2, 0.25) is 0 Å². The molecule has 80 valence electrons. The van der Waals surface area contributed by atoms with Gasteiger partial charge in [0.1, 0.15) is 0 Å². The molecule has 0 aliphatic heterocycles. The van der Waals surface area contributed by atoms with Crippen LogP contribution in [0.1, 0.15) is 45.4 Å². The molecular formula is C13H23N. The van der Waals surface area contributed by atoms with Crippen molar-refractivity contribution in [3.8, 4) is 0 Å². The van der Waals surface area contributed by atoms with E-state index in [0.29, 0.717) is 6.04 Å². The zero-order valence-corrected chi connectivity index (χ0v) is 9.60. The van der Waals surface area contributed by atoms with Crippen LogP contribution in [0.5, 0.6) is 0 Å². The van der Waals surface area contributed by atoms with E-state index in [9.17, 15) is 0 Å². The van der Waals surface area contributed by atoms with Gasteiger partial charge >= 0.3 is 0 Å². The third kappa shape index (κ3) is 4.10. The van der Waals surface area contributed by atoms with Crippen LogP contribution >= 0.6 is 0 Å². The molecule has 0 radical (unpaired) electrons. The van der Waals surface area contributed by atoms with Crippen LogP contribution in [-0.4, -0.2) is 13.1 Å². The minimum Gasteiger partial charge on any atom is -0.316 e. The summed E-state index contributed by atoms with van der Waals surface area (Å²) in [6.07, 6.45) is 10.1. The lowest BCUT2D eigenvalue weighted by atomic mass is 9.92. The van der Waals surface area contributed by atoms with Crippen LogP contribution in [0.4, 0.5) is 0 Å². The van der Waals surface area contributed by atoms with Gasteiger partial charge in [-0.25, -0.2) is 0 Å². The Morgan fingerprint density at radius 3 is 2.86 bits per heavy atom. The lowest BCUT2D eigenvalue weighted by Crippen LogP contribution is -2.26. The molecule has 0 aromatic rings. The van der Waals surface area contributed by atoms with Crippen LogP contribution < -0.4 is 5.32 Å². The summed E-state index contributed by atoms with van der Waals surface area (Å²) in [5.74, 6) is 0. The minimum atomic E-state index is 0.594. The van der Waals surface area contributed by atoms with Crippen LogP contribution in [0.2, 0.25) is 0 Å². The van der Waals surface area contributed by atoms with Gasteiger partial charge in [0, 0.05) is 6.04 Å². The molecule has 0 heterocycles. The largest absolute Gasteiger partial charge is 0.316 e. The van der Waals surface area contributed by atoms with Crippen molar-refractivity contribution in [3.05, 3.63) is 23.8 Å². The first kappa shape index (κ1) is 11.5. The van der Waals surface area contributed by atoms with Gasteiger partial charge in [0.05, 0.1) is 0 Å². The average molecular weight is 193 g/mol. The molecule has 0 amide bonds. The standard InChI is InChI=1S/C13H23N/c1-11(2)9-13(14-3)10-12-7-5-4-6-8-12/h7,13-14H,1,4-6,8-10H2,2-3H3. The quantitative estimate of drug-likeness (QED) is 0.660. The van der Waals surface area contributed by atoms with E-state index in [1.807, 2.05) is 0 Å². The summed E-state index contributed by atoms with van der Waals surface area (Å²) in [4.78, 5) is 0. The van der Waals surface area contributed by atoms with Gasteiger partial charge in [-0.05, 0) is 52.5 Å². The van der Waals surface area contributed by atoms with E-state index in [2.05, 4.69) is 31.9 Å². The maximum Gasteiger partial charge on any atom is 0.0138 e. The zero-order valence-electron chi connectivity index (χ0n) is 9.60. The van der Waals surface area contributed by atoms with Crippen molar-refractivity contribution in [2.45, 2.75) is 51.5 Å². The molecular weight excluding hydrogens is 170 g/mol. The monoisotopic (exact) mass is 193 g/mol. The second-order valence-electron chi connectivity index (χ2n) is 4.46. The lowest BCUT2D eigenvalue weighted by Gasteiger charge is -2.20. The molecule has 0 spiro atoms. The Balaban J connectivity index is 2.38. The molecule has 0 bridgehead atoms. The predicted molar refractivity (Wildman–Crippen MR) is 63.4 cm³/mol. The van der Waals surface area contributed by atoms with Crippen molar-refractivity contribution in [1.29, 1.82) is 0 Å². The smallest absolute Gasteiger partial charge is 0.0138 e. The van der Waals surface area contributed by atoms with Crippen molar-refractivity contribution >= 4 is 0 Å². The first-order valence-corrected chi connectivity index (χ1v) is 5.72. The van der Waals surface area contributed by atoms with Crippen molar-refractivity contribution in [3.63, 3.8) is 0 Å². The van der Waals surface area contributed by atoms with Crippen LogP contribution in [0.15, 0.2) is 23.8 Å². The van der Waals surface area contributed by atoms with Crippen molar-refractivity contribution < 1.29 is 0 Å². The van der Waals surface area contributed by atoms with Crippen LogP contribution in [0.25, 0.3) is 0 Å². The van der Waals surface area contributed by atoms with E-state index in [0.717, 1.165) is 6.42 Å². The van der Waals surface area contributed by atoms with Gasteiger partial charge in [0.15, 0.2) is 0 Å². The number of allylic oxidation sites excluding steroid dienone is 1. The minimum absolute atomic E-state index is 0.594. The molecule has 0 saturated carbocycles. The van der Waals surface area contributed by atoms with Crippen molar-refractivity contribution in [2.75, 3.05) is 7.05 Å². The van der Waals surface area contributed by atoms with E-state index >= 15 is 0 Å². The molecule has 1 N–H and O–H groups in total. The summed E-state index contributed by atoms with van der Waals surface area (Å²) in [6.45, 7) is 6.09. The molecule has 0 fully saturated rings. The number of rotatable bonds is 5. The fraction of sp³-hybridized carbons (Fsp3) is 0.692. The van der Waals surface area contributed by atoms with Gasteiger partial charge in [-0.2, -0.15) is 0 Å². The molecule has 1 rings (SSSR count). The highest BCUT2D eigenvalue weighted by Gasteiger charge is 2.10. The average Bonchev–Trinajstić information content (AvgIpc) is 2.17. The Morgan fingerprint density at radius 2 is 2.36 bits per heavy atom. The molecule has 1 aliphatic rings. The molecule has 1 atom stereocenters. The van der Waals surface area contributed by atoms with E-state index in [4.69, 9.17) is 0 Å². The molecule has 14 heavy (non-hydrogen) atoms. The summed E-state index contributed by atoms with van der Waals surface area (Å²) >= 11 is 0. The fourth-order valence-electron chi connectivity index (χ4n) is 2.10. The Bertz CT molecular complexity index is 215. The fourth-order valence-corrected chi connectivity index (χ4v) is 2.10. The highest BCUT2D eigenvalue weighted by Crippen LogP contribution is 2.22. The Morgan fingerprint density at radius 1 is 1.57 bits per heavy atom. The summed E-state index contributed by atoms with van der Waals surface area (Å²) in [6, 6.07) is 0.594. The van der Waals surface area contributed by atoms with Crippen LogP contribution in [0, 0.1) is 0 Å². The van der Waals surface area contributed by atoms with E-state index in [1.54, 1.807) is 5.57 Å². The summed E-state index contributed by atoms with van der Waals surface area (Å²) in [5.41, 5.74) is 2.93. The van der Waals surface area contributed by atoms with E-state index in [-0.39, 0.29) is 0 Å². The second-order valence-corrected chi connectivity index (χ2v) is 4.46. The molecule has 0 aromatic carbocycles. The summed E-state index contributed by atoms with van der Waals surface area (Å²) in [7, 11) is 2.05. The summed E-state index contributed by atoms with van der Waals surface area (Å²) in [5, 5.41) is 3.38. The second kappa shape index (κ2) is 6.02. The predicted octanol–water partition coefficient (Wildman–Crippen LogP) is 3.43. The van der Waals surface area contributed by atoms with Crippen LogP contribution in [-0.2, 0) is 0 Å². The topological polar surface area (TPSA) is 12.0 Å². The Kier molecular flexibility index (Phi) is 4.95. The highest BCUT2D eigenvalue weighted by atomic mass is 14.9. The molecule has 1 unspecified atom stereocenters. The third-order valence-electron chi connectivity index (χ3n) is 2.90. The van der Waals surface area contributed by atoms with Gasteiger partial charge in [0.25, 0.3) is 0 Å². The maximum atomic E-state index is 3.98. The molecule has 1 aliphatic carbocycles. The normalized spacial score (nSPS) is 18.9. The first-order chi connectivity index (χ1) is 6.72. The van der Waals surface area contributed by atoms with Gasteiger partial charge in [-0.3, -0.25) is 0 Å². The van der Waals surface area contributed by atoms with Gasteiger partial charge in [-0.15, -0.1) is 6.58 Å². The van der Waals surface area contributed by atoms with Crippen LogP contribution in [0.3, 0.4) is 0 Å². The SMILES string of the molecule is C=C(C)CC(CC1=CCCCC1)NC. The zero-order chi connectivity index (χ0) is 10.4. The number of hydrogen-bond donors (Lipinski definition) is 1. The van der Waals surface area contributed by atoms with Gasteiger partial charge in [-0.1, -0.05) is 17.2 Å². The van der Waals surface area contributed by atoms with E-state index in [1.165, 1.54) is 37.7 Å². The van der Waals surface area contributed by atoms with Crippen molar-refractivity contribution in [1.82, 2.24) is 5.32 Å². The molecule has 1 heteroatoms. The number of hydrogen-bond acceptors (Lipinski definition) is 1.